The molecule has 0 saturated carbocycles. The Labute approximate surface area is 98.2 Å². The molecule has 1 aliphatic heterocycles. The van der Waals surface area contributed by atoms with Gasteiger partial charge in [-0.2, -0.15) is 0 Å². The van der Waals surface area contributed by atoms with E-state index in [1.807, 2.05) is 27.7 Å². The number of rotatable bonds is 4. The molecule has 1 aliphatic rings. The number of hydrogen-bond acceptors (Lipinski definition) is 4. The maximum absolute atomic E-state index is 9.27. The molecule has 0 aromatic rings. The third kappa shape index (κ3) is 4.01. The minimum Gasteiger partial charge on any atom is -0.396 e. The molecule has 96 valence electrons. The first-order valence-corrected chi connectivity index (χ1v) is 5.90. The lowest BCUT2D eigenvalue weighted by atomic mass is 9.92. The lowest BCUT2D eigenvalue weighted by molar-refractivity contribution is -0.154. The van der Waals surface area contributed by atoms with Gasteiger partial charge in [-0.05, 0) is 13.8 Å². The highest BCUT2D eigenvalue weighted by molar-refractivity contribution is 4.86. The minimum absolute atomic E-state index is 0.0550. The van der Waals surface area contributed by atoms with E-state index in [9.17, 15) is 10.2 Å². The zero-order valence-electron chi connectivity index (χ0n) is 10.9. The van der Waals surface area contributed by atoms with Crippen LogP contribution in [0.1, 0.15) is 27.7 Å². The lowest BCUT2D eigenvalue weighted by Gasteiger charge is -2.44. The van der Waals surface area contributed by atoms with E-state index >= 15 is 0 Å². The molecule has 2 N–H and O–H groups in total. The largest absolute Gasteiger partial charge is 0.396 e. The van der Waals surface area contributed by atoms with Gasteiger partial charge in [0.2, 0.25) is 0 Å². The van der Waals surface area contributed by atoms with Crippen LogP contribution in [0.2, 0.25) is 0 Å². The Balaban J connectivity index is 2.60. The number of morpholine rings is 1. The summed E-state index contributed by atoms with van der Waals surface area (Å²) in [6.45, 7) is 10.8. The Morgan fingerprint density at radius 1 is 1.38 bits per heavy atom. The summed E-state index contributed by atoms with van der Waals surface area (Å²) in [4.78, 5) is 2.26. The van der Waals surface area contributed by atoms with Crippen LogP contribution in [0.5, 0.6) is 0 Å². The first-order chi connectivity index (χ1) is 7.28. The molecule has 1 fully saturated rings. The molecule has 1 unspecified atom stereocenters. The van der Waals surface area contributed by atoms with E-state index in [2.05, 4.69) is 4.90 Å². The summed E-state index contributed by atoms with van der Waals surface area (Å²) < 4.78 is 5.75. The van der Waals surface area contributed by atoms with Crippen LogP contribution >= 0.6 is 0 Å². The molecular weight excluding hydrogens is 206 g/mol. The summed E-state index contributed by atoms with van der Waals surface area (Å²) in [5.41, 5.74) is -0.329. The van der Waals surface area contributed by atoms with Crippen LogP contribution in [-0.4, -0.2) is 59.7 Å². The summed E-state index contributed by atoms with van der Waals surface area (Å²) in [7, 11) is 0. The van der Waals surface area contributed by atoms with Gasteiger partial charge in [-0.15, -0.1) is 0 Å². The van der Waals surface area contributed by atoms with Crippen molar-refractivity contribution in [3.8, 4) is 0 Å². The van der Waals surface area contributed by atoms with Crippen LogP contribution in [0, 0.1) is 5.41 Å². The second-order valence-corrected chi connectivity index (χ2v) is 6.17. The van der Waals surface area contributed by atoms with Crippen LogP contribution in [0.3, 0.4) is 0 Å². The summed E-state index contributed by atoms with van der Waals surface area (Å²) in [6, 6.07) is 0. The highest BCUT2D eigenvalue weighted by Gasteiger charge is 2.35. The summed E-state index contributed by atoms with van der Waals surface area (Å²) in [5.74, 6) is 0. The van der Waals surface area contributed by atoms with E-state index in [-0.39, 0.29) is 30.3 Å². The fourth-order valence-corrected chi connectivity index (χ4v) is 2.29. The maximum Gasteiger partial charge on any atom is 0.0940 e. The van der Waals surface area contributed by atoms with Gasteiger partial charge < -0.3 is 14.9 Å². The molecule has 1 atom stereocenters. The number of nitrogens with zero attached hydrogens (tertiary/aromatic N) is 1. The molecule has 4 nitrogen and oxygen atoms in total. The molecule has 4 heteroatoms. The second-order valence-electron chi connectivity index (χ2n) is 6.17. The second kappa shape index (κ2) is 5.00. The van der Waals surface area contributed by atoms with Gasteiger partial charge in [0.05, 0.1) is 18.3 Å². The first-order valence-electron chi connectivity index (χ1n) is 5.90. The van der Waals surface area contributed by atoms with Crippen molar-refractivity contribution < 1.29 is 14.9 Å². The SMILES string of the molecule is CC(C)(CO)CN1CC(CO)OC(C)(C)C1. The van der Waals surface area contributed by atoms with Crippen molar-refractivity contribution in [2.75, 3.05) is 32.8 Å². The van der Waals surface area contributed by atoms with Gasteiger partial charge in [-0.1, -0.05) is 13.8 Å². The quantitative estimate of drug-likeness (QED) is 0.739. The van der Waals surface area contributed by atoms with E-state index in [1.54, 1.807) is 0 Å². The molecule has 0 bridgehead atoms. The molecule has 0 aromatic carbocycles. The Bertz CT molecular complexity index is 228. The monoisotopic (exact) mass is 231 g/mol. The van der Waals surface area contributed by atoms with Crippen molar-refractivity contribution in [2.45, 2.75) is 39.4 Å². The van der Waals surface area contributed by atoms with Gasteiger partial charge >= 0.3 is 0 Å². The van der Waals surface area contributed by atoms with Crippen molar-refractivity contribution in [3.63, 3.8) is 0 Å². The third-order valence-corrected chi connectivity index (χ3v) is 2.84. The highest BCUT2D eigenvalue weighted by Crippen LogP contribution is 2.24. The highest BCUT2D eigenvalue weighted by atomic mass is 16.5. The Kier molecular flexibility index (Phi) is 4.35. The number of aliphatic hydroxyl groups excluding tert-OH is 2. The topological polar surface area (TPSA) is 52.9 Å². The van der Waals surface area contributed by atoms with Gasteiger partial charge in [0.15, 0.2) is 0 Å². The molecule has 0 aliphatic carbocycles. The molecular formula is C12H25NO3. The number of ether oxygens (including phenoxy) is 1. The molecule has 1 saturated heterocycles. The Morgan fingerprint density at radius 2 is 2.00 bits per heavy atom. The molecule has 0 aromatic heterocycles. The van der Waals surface area contributed by atoms with Crippen molar-refractivity contribution in [2.24, 2.45) is 5.41 Å². The molecule has 1 heterocycles. The van der Waals surface area contributed by atoms with Crippen molar-refractivity contribution >= 4 is 0 Å². The lowest BCUT2D eigenvalue weighted by Crippen LogP contribution is -2.55. The fourth-order valence-electron chi connectivity index (χ4n) is 2.29. The van der Waals surface area contributed by atoms with Gasteiger partial charge in [0.25, 0.3) is 0 Å². The van der Waals surface area contributed by atoms with Crippen LogP contribution in [0.4, 0.5) is 0 Å². The zero-order valence-corrected chi connectivity index (χ0v) is 10.9. The van der Waals surface area contributed by atoms with Crippen LogP contribution in [0.25, 0.3) is 0 Å². The van der Waals surface area contributed by atoms with Gasteiger partial charge in [0.1, 0.15) is 0 Å². The predicted octanol–water partition coefficient (Wildman–Crippen LogP) is 0.477. The van der Waals surface area contributed by atoms with Crippen LogP contribution in [-0.2, 0) is 4.74 Å². The van der Waals surface area contributed by atoms with Crippen LogP contribution in [0.15, 0.2) is 0 Å². The Hall–Kier alpha value is -0.160. The fraction of sp³-hybridized carbons (Fsp3) is 1.00. The Morgan fingerprint density at radius 3 is 2.50 bits per heavy atom. The van der Waals surface area contributed by atoms with E-state index in [1.165, 1.54) is 0 Å². The summed E-state index contributed by atoms with van der Waals surface area (Å²) >= 11 is 0. The normalized spacial score (nSPS) is 27.0. The van der Waals surface area contributed by atoms with Crippen LogP contribution < -0.4 is 0 Å². The average Bonchev–Trinajstić information content (AvgIpc) is 2.14. The van der Waals surface area contributed by atoms with Crippen molar-refractivity contribution in [1.29, 1.82) is 0 Å². The third-order valence-electron chi connectivity index (χ3n) is 2.84. The molecule has 1 rings (SSSR count). The van der Waals surface area contributed by atoms with Crippen molar-refractivity contribution in [1.82, 2.24) is 4.90 Å². The summed E-state index contributed by atoms with van der Waals surface area (Å²) in [5, 5.41) is 18.5. The van der Waals surface area contributed by atoms with Gasteiger partial charge in [0, 0.05) is 31.7 Å². The molecule has 0 radical (unpaired) electrons. The smallest absolute Gasteiger partial charge is 0.0940 e. The minimum atomic E-state index is -0.225. The molecule has 0 spiro atoms. The zero-order chi connectivity index (χ0) is 12.4. The maximum atomic E-state index is 9.27. The number of hydrogen-bond donors (Lipinski definition) is 2. The predicted molar refractivity (Wildman–Crippen MR) is 63.3 cm³/mol. The van der Waals surface area contributed by atoms with E-state index < -0.39 is 0 Å². The standard InChI is InChI=1S/C12H25NO3/c1-11(2,9-15)7-13-5-10(6-14)16-12(3,4)8-13/h10,14-15H,5-9H2,1-4H3. The molecule has 0 amide bonds. The average molecular weight is 231 g/mol. The van der Waals surface area contributed by atoms with E-state index in [0.717, 1.165) is 19.6 Å². The summed E-state index contributed by atoms with van der Waals surface area (Å²) in [6.07, 6.45) is -0.113. The first kappa shape index (κ1) is 13.9. The van der Waals surface area contributed by atoms with Gasteiger partial charge in [-0.3, -0.25) is 4.90 Å². The van der Waals surface area contributed by atoms with E-state index in [0.29, 0.717) is 0 Å². The number of aliphatic hydroxyl groups is 2. The van der Waals surface area contributed by atoms with Gasteiger partial charge in [-0.25, -0.2) is 0 Å². The van der Waals surface area contributed by atoms with E-state index in [4.69, 9.17) is 4.74 Å². The van der Waals surface area contributed by atoms with Crippen molar-refractivity contribution in [3.05, 3.63) is 0 Å². The molecule has 16 heavy (non-hydrogen) atoms.